The maximum absolute atomic E-state index is 13.7. The van der Waals surface area contributed by atoms with Crippen LogP contribution in [0.1, 0.15) is 6.42 Å². The Labute approximate surface area is 135 Å². The minimum absolute atomic E-state index is 0.125. The van der Waals surface area contributed by atoms with Crippen molar-refractivity contribution in [2.45, 2.75) is 12.5 Å². The zero-order chi connectivity index (χ0) is 18.5. The highest BCUT2D eigenvalue weighted by Crippen LogP contribution is 2.25. The molecule has 1 N–H and O–H groups in total. The SMILES string of the molecule is CO[Si](O)(CCCN(F)C(=O)N(F)c1ccc(F)c(F)c1F)OC. The lowest BCUT2D eigenvalue weighted by atomic mass is 10.3. The first-order valence-corrected chi connectivity index (χ1v) is 8.53. The van der Waals surface area contributed by atoms with Crippen LogP contribution in [0.2, 0.25) is 6.04 Å². The van der Waals surface area contributed by atoms with Crippen LogP contribution in [0.15, 0.2) is 12.1 Å². The molecule has 0 aliphatic rings. The number of anilines is 1. The first-order chi connectivity index (χ1) is 11.2. The second-order valence-corrected chi connectivity index (χ2v) is 7.31. The Morgan fingerprint density at radius 2 is 1.75 bits per heavy atom. The molecule has 0 aromatic heterocycles. The zero-order valence-electron chi connectivity index (χ0n) is 12.7. The summed E-state index contributed by atoms with van der Waals surface area (Å²) in [5.74, 6) is -5.55. The molecule has 0 radical (unpaired) electrons. The van der Waals surface area contributed by atoms with Crippen molar-refractivity contribution in [3.05, 3.63) is 29.6 Å². The van der Waals surface area contributed by atoms with Gasteiger partial charge in [-0.2, -0.15) is 5.12 Å². The fourth-order valence-electron chi connectivity index (χ4n) is 1.69. The smallest absolute Gasteiger partial charge is 0.390 e. The molecule has 0 aliphatic heterocycles. The highest BCUT2D eigenvalue weighted by molar-refractivity contribution is 6.59. The van der Waals surface area contributed by atoms with Gasteiger partial charge in [0.15, 0.2) is 17.5 Å². The van der Waals surface area contributed by atoms with Gasteiger partial charge in [-0.15, -0.1) is 5.12 Å². The highest BCUT2D eigenvalue weighted by atomic mass is 28.4. The summed E-state index contributed by atoms with van der Waals surface area (Å²) in [4.78, 5) is 21.2. The monoisotopic (exact) mass is 374 g/mol. The largest absolute Gasteiger partial charge is 0.497 e. The number of halogens is 5. The number of nitrogens with zero attached hydrogens (tertiary/aromatic N) is 2. The maximum Gasteiger partial charge on any atom is 0.497 e. The maximum atomic E-state index is 13.7. The Kier molecular flexibility index (Phi) is 7.07. The number of urea groups is 1. The lowest BCUT2D eigenvalue weighted by molar-refractivity contribution is 0.0613. The van der Waals surface area contributed by atoms with Crippen LogP contribution in [0, 0.1) is 17.5 Å². The predicted octanol–water partition coefficient (Wildman–Crippen LogP) is 2.72. The quantitative estimate of drug-likeness (QED) is 0.345. The van der Waals surface area contributed by atoms with Crippen molar-refractivity contribution in [2.24, 2.45) is 0 Å². The summed E-state index contributed by atoms with van der Waals surface area (Å²) in [6, 6.07) is -1.24. The van der Waals surface area contributed by atoms with Crippen LogP contribution in [0.3, 0.4) is 0 Å². The summed E-state index contributed by atoms with van der Waals surface area (Å²) < 4.78 is 75.9. The fraction of sp³-hybridized carbons (Fsp3) is 0.417. The minimum Gasteiger partial charge on any atom is -0.390 e. The highest BCUT2D eigenvalue weighted by Gasteiger charge is 2.34. The van der Waals surface area contributed by atoms with E-state index in [0.717, 1.165) is 0 Å². The molecule has 1 aromatic rings. The second kappa shape index (κ2) is 8.37. The Bertz CT molecular complexity index is 591. The second-order valence-electron chi connectivity index (χ2n) is 4.57. The Hall–Kier alpha value is -1.76. The van der Waals surface area contributed by atoms with Gasteiger partial charge in [-0.1, -0.05) is 8.96 Å². The molecule has 0 heterocycles. The third kappa shape index (κ3) is 4.63. The predicted molar refractivity (Wildman–Crippen MR) is 74.5 cm³/mol. The van der Waals surface area contributed by atoms with Gasteiger partial charge in [-0.3, -0.25) is 0 Å². The van der Waals surface area contributed by atoms with Gasteiger partial charge in [-0.05, 0) is 18.6 Å². The van der Waals surface area contributed by atoms with Crippen LogP contribution in [-0.4, -0.2) is 45.5 Å². The molecule has 0 atom stereocenters. The third-order valence-electron chi connectivity index (χ3n) is 3.09. The summed E-state index contributed by atoms with van der Waals surface area (Å²) in [6.07, 6.45) is -0.152. The molecule has 1 aromatic carbocycles. The molecule has 1 rings (SSSR count). The molecular weight excluding hydrogens is 359 g/mol. The molecule has 0 aliphatic carbocycles. The van der Waals surface area contributed by atoms with E-state index in [-0.39, 0.29) is 12.5 Å². The molecule has 0 unspecified atom stereocenters. The Morgan fingerprint density at radius 3 is 2.29 bits per heavy atom. The molecule has 0 fully saturated rings. The van der Waals surface area contributed by atoms with Crippen LogP contribution >= 0.6 is 0 Å². The van der Waals surface area contributed by atoms with Gasteiger partial charge in [0, 0.05) is 20.3 Å². The summed E-state index contributed by atoms with van der Waals surface area (Å²) >= 11 is 0. The lowest BCUT2D eigenvalue weighted by Gasteiger charge is -2.21. The normalized spacial score (nSPS) is 11.5. The number of hydrogen-bond donors (Lipinski definition) is 1. The Balaban J connectivity index is 2.71. The van der Waals surface area contributed by atoms with E-state index in [1.165, 1.54) is 14.2 Å². The van der Waals surface area contributed by atoms with Crippen LogP contribution in [-0.2, 0) is 8.85 Å². The molecule has 0 bridgehead atoms. The van der Waals surface area contributed by atoms with E-state index in [2.05, 4.69) is 0 Å². The van der Waals surface area contributed by atoms with Gasteiger partial charge >= 0.3 is 14.8 Å². The lowest BCUT2D eigenvalue weighted by Crippen LogP contribution is -2.41. The van der Waals surface area contributed by atoms with E-state index >= 15 is 0 Å². The van der Waals surface area contributed by atoms with Crippen LogP contribution in [0.4, 0.5) is 32.6 Å². The van der Waals surface area contributed by atoms with Crippen molar-refractivity contribution in [3.8, 4) is 0 Å². The molecule has 0 spiro atoms. The summed E-state index contributed by atoms with van der Waals surface area (Å²) in [7, 11) is -1.11. The van der Waals surface area contributed by atoms with Gasteiger partial charge in [0.2, 0.25) is 0 Å². The summed E-state index contributed by atoms with van der Waals surface area (Å²) in [6.45, 7) is -0.674. The van der Waals surface area contributed by atoms with E-state index in [4.69, 9.17) is 8.85 Å². The van der Waals surface area contributed by atoms with Crippen LogP contribution < -0.4 is 5.12 Å². The van der Waals surface area contributed by atoms with Crippen molar-refractivity contribution < 1.29 is 40.6 Å². The van der Waals surface area contributed by atoms with E-state index in [1.807, 2.05) is 0 Å². The van der Waals surface area contributed by atoms with Crippen molar-refractivity contribution in [3.63, 3.8) is 0 Å². The molecule has 2 amide bonds. The molecule has 0 saturated heterocycles. The van der Waals surface area contributed by atoms with Gasteiger partial charge in [0.1, 0.15) is 5.69 Å². The topological polar surface area (TPSA) is 62.2 Å². The van der Waals surface area contributed by atoms with Crippen molar-refractivity contribution in [1.82, 2.24) is 5.12 Å². The third-order valence-corrected chi connectivity index (χ3v) is 5.35. The molecule has 6 nitrogen and oxygen atoms in total. The average molecular weight is 374 g/mol. The van der Waals surface area contributed by atoms with Crippen LogP contribution in [0.5, 0.6) is 0 Å². The number of amides is 2. The first kappa shape index (κ1) is 20.3. The van der Waals surface area contributed by atoms with Crippen molar-refractivity contribution >= 4 is 20.5 Å². The summed E-state index contributed by atoms with van der Waals surface area (Å²) in [5.41, 5.74) is -1.28. The Morgan fingerprint density at radius 1 is 1.17 bits per heavy atom. The first-order valence-electron chi connectivity index (χ1n) is 6.56. The van der Waals surface area contributed by atoms with E-state index in [9.17, 15) is 31.7 Å². The number of benzene rings is 1. The van der Waals surface area contributed by atoms with E-state index in [1.54, 1.807) is 0 Å². The molecular formula is C12H15F5N2O4Si. The number of rotatable bonds is 7. The average Bonchev–Trinajstić information content (AvgIpc) is 2.58. The number of hydrogen-bond acceptors (Lipinski definition) is 4. The number of carbonyl (C=O) groups excluding carboxylic acids is 1. The number of carbonyl (C=O) groups is 1. The van der Waals surface area contributed by atoms with Crippen molar-refractivity contribution in [2.75, 3.05) is 25.9 Å². The molecule has 0 saturated carbocycles. The summed E-state index contributed by atoms with van der Waals surface area (Å²) in [5, 5.41) is -1.60. The van der Waals surface area contributed by atoms with Gasteiger partial charge in [0.25, 0.3) is 0 Å². The van der Waals surface area contributed by atoms with Gasteiger partial charge in [0.05, 0.1) is 6.54 Å². The minimum atomic E-state index is -3.48. The standard InChI is InChI=1S/C12H15F5N2O4Si/c1-22-24(21,23-2)7-3-6-18(16)12(20)19(17)9-5-4-8(13)10(14)11(9)15/h4-5,21H,3,6-7H2,1-2H3. The molecule has 24 heavy (non-hydrogen) atoms. The van der Waals surface area contributed by atoms with E-state index < -0.39 is 54.8 Å². The zero-order valence-corrected chi connectivity index (χ0v) is 13.7. The van der Waals surface area contributed by atoms with Gasteiger partial charge in [-0.25, -0.2) is 18.0 Å². The fourth-order valence-corrected chi connectivity index (χ4v) is 2.87. The van der Waals surface area contributed by atoms with Crippen molar-refractivity contribution in [1.29, 1.82) is 0 Å². The molecule has 12 heteroatoms. The van der Waals surface area contributed by atoms with Crippen LogP contribution in [0.25, 0.3) is 0 Å². The van der Waals surface area contributed by atoms with E-state index in [0.29, 0.717) is 12.1 Å². The molecule has 136 valence electrons. The van der Waals surface area contributed by atoms with Gasteiger partial charge < -0.3 is 13.6 Å².